The first-order chi connectivity index (χ1) is 12.1. The molecular weight excluding hydrogens is 348 g/mol. The van der Waals surface area contributed by atoms with E-state index in [-0.39, 0.29) is 22.6 Å². The van der Waals surface area contributed by atoms with Gasteiger partial charge in [0.1, 0.15) is 12.0 Å². The van der Waals surface area contributed by atoms with Gasteiger partial charge in [0.15, 0.2) is 11.5 Å². The van der Waals surface area contributed by atoms with Crippen LogP contribution >= 0.6 is 0 Å². The van der Waals surface area contributed by atoms with Crippen LogP contribution in [0.5, 0.6) is 11.5 Å². The molecule has 1 aromatic carbocycles. The summed E-state index contributed by atoms with van der Waals surface area (Å²) in [5.74, 6) is -4.72. The molecule has 10 heteroatoms. The van der Waals surface area contributed by atoms with E-state index < -0.39 is 35.8 Å². The van der Waals surface area contributed by atoms with Crippen LogP contribution in [0, 0.1) is 5.92 Å². The average Bonchev–Trinajstić information content (AvgIpc) is 2.63. The van der Waals surface area contributed by atoms with Crippen LogP contribution in [-0.4, -0.2) is 72.1 Å². The lowest BCUT2D eigenvalue weighted by molar-refractivity contribution is -0.153. The molecule has 1 aliphatic heterocycles. The highest BCUT2D eigenvalue weighted by Gasteiger charge is 2.47. The zero-order chi connectivity index (χ0) is 19.8. The summed E-state index contributed by atoms with van der Waals surface area (Å²) in [5.41, 5.74) is -0.573. The molecular formula is C16H18N2O8. The van der Waals surface area contributed by atoms with Crippen LogP contribution < -0.4 is 9.47 Å². The molecule has 1 fully saturated rings. The number of barbiturate groups is 1. The van der Waals surface area contributed by atoms with Gasteiger partial charge in [-0.25, -0.2) is 9.59 Å². The van der Waals surface area contributed by atoms with Gasteiger partial charge in [-0.3, -0.25) is 19.4 Å². The second-order valence-corrected chi connectivity index (χ2v) is 5.60. The predicted molar refractivity (Wildman–Crippen MR) is 85.9 cm³/mol. The van der Waals surface area contributed by atoms with Crippen molar-refractivity contribution in [2.24, 2.45) is 5.92 Å². The van der Waals surface area contributed by atoms with Crippen LogP contribution in [0.2, 0.25) is 0 Å². The lowest BCUT2D eigenvalue weighted by Crippen LogP contribution is -2.58. The number of benzene rings is 1. The number of carboxylic acids is 1. The lowest BCUT2D eigenvalue weighted by Gasteiger charge is -2.35. The Balaban J connectivity index is 2.59. The third kappa shape index (κ3) is 2.94. The number of rotatable bonds is 5. The average molecular weight is 366 g/mol. The first-order valence-electron chi connectivity index (χ1n) is 7.42. The molecule has 10 nitrogen and oxygen atoms in total. The highest BCUT2D eigenvalue weighted by atomic mass is 16.5. The Morgan fingerprint density at radius 3 is 1.92 bits per heavy atom. The molecule has 2 N–H and O–H groups in total. The number of hydrogen-bond donors (Lipinski definition) is 2. The van der Waals surface area contributed by atoms with E-state index in [2.05, 4.69) is 0 Å². The van der Waals surface area contributed by atoms with E-state index in [0.29, 0.717) is 9.80 Å². The molecule has 0 bridgehead atoms. The Hall–Kier alpha value is -3.14. The van der Waals surface area contributed by atoms with Crippen molar-refractivity contribution in [1.29, 1.82) is 0 Å². The van der Waals surface area contributed by atoms with Crippen molar-refractivity contribution in [3.05, 3.63) is 23.3 Å². The summed E-state index contributed by atoms with van der Waals surface area (Å²) in [6.45, 7) is 0. The zero-order valence-electron chi connectivity index (χ0n) is 14.5. The highest BCUT2D eigenvalue weighted by molar-refractivity contribution is 6.16. The summed E-state index contributed by atoms with van der Waals surface area (Å²) >= 11 is 0. The molecule has 0 radical (unpaired) electrons. The summed E-state index contributed by atoms with van der Waals surface area (Å²) in [5, 5.41) is 20.1. The minimum atomic E-state index is -1.81. The van der Waals surface area contributed by atoms with Crippen LogP contribution in [0.3, 0.4) is 0 Å². The number of imide groups is 2. The van der Waals surface area contributed by atoms with E-state index in [1.165, 1.54) is 34.4 Å². The van der Waals surface area contributed by atoms with Crippen molar-refractivity contribution in [2.45, 2.75) is 6.10 Å². The molecule has 2 rings (SSSR count). The molecule has 0 spiro atoms. The first-order valence-corrected chi connectivity index (χ1v) is 7.42. The molecule has 4 amide bonds. The van der Waals surface area contributed by atoms with Crippen LogP contribution in [0.25, 0.3) is 0 Å². The number of hydrogen-bond acceptors (Lipinski definition) is 7. The van der Waals surface area contributed by atoms with Gasteiger partial charge in [0.05, 0.1) is 19.8 Å². The number of carboxylic acid groups (broad SMARTS) is 1. The fourth-order valence-corrected chi connectivity index (χ4v) is 2.71. The number of carbonyl (C=O) groups is 4. The number of carbonyl (C=O) groups excluding carboxylic acids is 3. The fraction of sp³-hybridized carbons (Fsp3) is 0.375. The number of aromatic carboxylic acids is 1. The molecule has 0 aliphatic carbocycles. The minimum absolute atomic E-state index is 0.103. The van der Waals surface area contributed by atoms with E-state index >= 15 is 0 Å². The van der Waals surface area contributed by atoms with E-state index in [1.807, 2.05) is 0 Å². The molecule has 26 heavy (non-hydrogen) atoms. The van der Waals surface area contributed by atoms with Gasteiger partial charge in [0.25, 0.3) is 0 Å². The fourth-order valence-electron chi connectivity index (χ4n) is 2.71. The summed E-state index contributed by atoms with van der Waals surface area (Å²) in [6.07, 6.45) is -1.81. The van der Waals surface area contributed by atoms with Gasteiger partial charge in [-0.15, -0.1) is 0 Å². The Labute approximate surface area is 148 Å². The Bertz CT molecular complexity index is 767. The van der Waals surface area contributed by atoms with Crippen molar-refractivity contribution < 1.29 is 38.9 Å². The summed E-state index contributed by atoms with van der Waals surface area (Å²) in [6, 6.07) is 1.47. The van der Waals surface area contributed by atoms with Crippen molar-refractivity contribution >= 4 is 23.8 Å². The van der Waals surface area contributed by atoms with Gasteiger partial charge in [0, 0.05) is 19.7 Å². The van der Waals surface area contributed by atoms with E-state index in [1.54, 1.807) is 0 Å². The molecule has 1 heterocycles. The molecule has 0 saturated carbocycles. The highest BCUT2D eigenvalue weighted by Crippen LogP contribution is 2.37. The van der Waals surface area contributed by atoms with Crippen LogP contribution in [0.4, 0.5) is 4.79 Å². The molecule has 0 aromatic heterocycles. The smallest absolute Gasteiger partial charge is 0.336 e. The summed E-state index contributed by atoms with van der Waals surface area (Å²) < 4.78 is 10.1. The van der Waals surface area contributed by atoms with Crippen molar-refractivity contribution in [1.82, 2.24) is 9.80 Å². The number of urea groups is 1. The van der Waals surface area contributed by atoms with Crippen LogP contribution in [0.15, 0.2) is 12.1 Å². The molecule has 1 aromatic rings. The number of ether oxygens (including phenoxy) is 2. The quantitative estimate of drug-likeness (QED) is 0.701. The number of nitrogens with zero attached hydrogens (tertiary/aromatic N) is 2. The molecule has 1 unspecified atom stereocenters. The summed E-state index contributed by atoms with van der Waals surface area (Å²) in [7, 11) is 4.95. The standard InChI is InChI=1S/C16H18N2O8/c1-17-13(20)11(14(21)18(2)16(17)24)12(19)7-5-9(25-3)10(26-4)6-8(7)15(22)23/h5-6,11-12,19H,1-4H3,(H,22,23). The largest absolute Gasteiger partial charge is 0.493 e. The topological polar surface area (TPSA) is 134 Å². The second-order valence-electron chi connectivity index (χ2n) is 5.60. The monoisotopic (exact) mass is 366 g/mol. The van der Waals surface area contributed by atoms with Gasteiger partial charge < -0.3 is 19.7 Å². The molecule has 1 atom stereocenters. The maximum Gasteiger partial charge on any atom is 0.336 e. The molecule has 1 saturated heterocycles. The van der Waals surface area contributed by atoms with Gasteiger partial charge in [-0.2, -0.15) is 0 Å². The molecule has 140 valence electrons. The maximum atomic E-state index is 12.4. The second kappa shape index (κ2) is 7.00. The number of methoxy groups -OCH3 is 2. The van der Waals surface area contributed by atoms with Gasteiger partial charge >= 0.3 is 12.0 Å². The van der Waals surface area contributed by atoms with Crippen molar-refractivity contribution in [2.75, 3.05) is 28.3 Å². The van der Waals surface area contributed by atoms with E-state index in [0.717, 1.165) is 6.07 Å². The Kier molecular flexibility index (Phi) is 5.17. The van der Waals surface area contributed by atoms with Crippen molar-refractivity contribution in [3.63, 3.8) is 0 Å². The Morgan fingerprint density at radius 1 is 1.04 bits per heavy atom. The van der Waals surface area contributed by atoms with Crippen LogP contribution in [-0.2, 0) is 9.59 Å². The number of aliphatic hydroxyl groups is 1. The molecule has 1 aliphatic rings. The van der Waals surface area contributed by atoms with E-state index in [9.17, 15) is 29.4 Å². The third-order valence-corrected chi connectivity index (χ3v) is 4.19. The minimum Gasteiger partial charge on any atom is -0.493 e. The maximum absolute atomic E-state index is 12.4. The first kappa shape index (κ1) is 19.2. The zero-order valence-corrected chi connectivity index (χ0v) is 14.5. The van der Waals surface area contributed by atoms with Gasteiger partial charge in [-0.1, -0.05) is 0 Å². The SMILES string of the molecule is COc1cc(C(=O)O)c(C(O)C2C(=O)N(C)C(=O)N(C)C2=O)cc1OC. The van der Waals surface area contributed by atoms with Gasteiger partial charge in [0.2, 0.25) is 11.8 Å². The summed E-state index contributed by atoms with van der Waals surface area (Å²) in [4.78, 5) is 49.5. The number of amides is 4. The van der Waals surface area contributed by atoms with Crippen molar-refractivity contribution in [3.8, 4) is 11.5 Å². The van der Waals surface area contributed by atoms with Gasteiger partial charge in [-0.05, 0) is 12.1 Å². The predicted octanol–water partition coefficient (Wildman–Crippen LogP) is 0.102. The van der Waals surface area contributed by atoms with Crippen LogP contribution in [0.1, 0.15) is 22.0 Å². The van der Waals surface area contributed by atoms with E-state index in [4.69, 9.17) is 9.47 Å². The Morgan fingerprint density at radius 2 is 1.50 bits per heavy atom. The third-order valence-electron chi connectivity index (χ3n) is 4.19. The lowest BCUT2D eigenvalue weighted by atomic mass is 9.89. The normalized spacial score (nSPS) is 16.7. The number of aliphatic hydroxyl groups excluding tert-OH is 1.